The van der Waals surface area contributed by atoms with Crippen LogP contribution in [-0.4, -0.2) is 51.9 Å². The van der Waals surface area contributed by atoms with Crippen molar-refractivity contribution >= 4 is 21.6 Å². The summed E-state index contributed by atoms with van der Waals surface area (Å²) in [6.07, 6.45) is 6.55. The van der Waals surface area contributed by atoms with Crippen molar-refractivity contribution in [3.05, 3.63) is 23.8 Å². The fourth-order valence-corrected chi connectivity index (χ4v) is 5.60. The van der Waals surface area contributed by atoms with Crippen LogP contribution in [0.2, 0.25) is 0 Å². The average molecular weight is 409 g/mol. The van der Waals surface area contributed by atoms with Crippen LogP contribution in [0.1, 0.15) is 44.6 Å². The number of piperidine rings is 1. The highest BCUT2D eigenvalue weighted by molar-refractivity contribution is 7.89. The van der Waals surface area contributed by atoms with Gasteiger partial charge < -0.3 is 10.2 Å². The number of amides is 1. The molecule has 1 aromatic rings. The van der Waals surface area contributed by atoms with Gasteiger partial charge in [0.2, 0.25) is 10.0 Å². The van der Waals surface area contributed by atoms with Crippen LogP contribution in [0.3, 0.4) is 0 Å². The Bertz CT molecular complexity index is 822. The number of aryl methyl sites for hydroxylation is 1. The number of nitrogens with zero attached hydrogens (tertiary/aromatic N) is 1. The molecule has 28 heavy (non-hydrogen) atoms. The maximum atomic E-state index is 12.9. The molecule has 6 nitrogen and oxygen atoms in total. The van der Waals surface area contributed by atoms with Crippen LogP contribution in [0.15, 0.2) is 23.1 Å². The molecule has 2 N–H and O–H groups in total. The molecule has 7 heteroatoms. The van der Waals surface area contributed by atoms with Crippen LogP contribution in [-0.2, 0) is 14.8 Å². The fraction of sp³-hybridized carbons (Fsp3) is 0.667. The first-order valence-electron chi connectivity index (χ1n) is 10.4. The molecule has 1 aromatic carbocycles. The summed E-state index contributed by atoms with van der Waals surface area (Å²) in [6, 6.07) is 4.76. The van der Waals surface area contributed by atoms with Crippen LogP contribution >= 0.6 is 0 Å². The van der Waals surface area contributed by atoms with Gasteiger partial charge >= 0.3 is 0 Å². The largest absolute Gasteiger partial charge is 0.325 e. The Hall–Kier alpha value is -1.44. The molecule has 2 aliphatic rings. The molecule has 0 spiro atoms. The van der Waals surface area contributed by atoms with Gasteiger partial charge in [0.1, 0.15) is 0 Å². The highest BCUT2D eigenvalue weighted by Crippen LogP contribution is 2.32. The van der Waals surface area contributed by atoms with Crippen LogP contribution in [0.25, 0.3) is 0 Å². The number of benzene rings is 1. The molecule has 0 bridgehead atoms. The summed E-state index contributed by atoms with van der Waals surface area (Å²) in [6.45, 7) is 5.99. The smallest absolute Gasteiger partial charge is 0.282 e. The van der Waals surface area contributed by atoms with E-state index in [-0.39, 0.29) is 16.8 Å². The molecule has 0 aromatic heterocycles. The number of nitrogens with one attached hydrogen (secondary N) is 2. The number of hydrogen-bond acceptors (Lipinski definition) is 3. The third kappa shape index (κ3) is 4.42. The Morgan fingerprint density at radius 3 is 2.54 bits per heavy atom. The molecule has 1 saturated carbocycles. The van der Waals surface area contributed by atoms with Crippen LogP contribution in [0, 0.1) is 18.8 Å². The number of carbonyl (C=O) groups excluding carboxylic acids is 1. The Kier molecular flexibility index (Phi) is 6.47. The zero-order valence-corrected chi connectivity index (χ0v) is 18.3. The number of quaternary nitrogens is 1. The molecule has 1 aliphatic heterocycles. The van der Waals surface area contributed by atoms with E-state index in [9.17, 15) is 13.2 Å². The number of fused-ring (bicyclic) bond motifs is 1. The van der Waals surface area contributed by atoms with Gasteiger partial charge in [0.25, 0.3) is 5.91 Å². The number of carbonyl (C=O) groups is 1. The summed E-state index contributed by atoms with van der Waals surface area (Å²) < 4.78 is 26.0. The SMILES string of the molecule is Cc1ccc(S(=O)(=O)N(C)C)cc1NC(=O)[C@H](C)[NH+]1CC[C@@H]2CCCC[C@@H]2C1. The van der Waals surface area contributed by atoms with Gasteiger partial charge in [-0.25, -0.2) is 12.7 Å². The van der Waals surface area contributed by atoms with Gasteiger partial charge in [-0.1, -0.05) is 18.9 Å². The number of rotatable bonds is 5. The minimum Gasteiger partial charge on any atom is -0.325 e. The van der Waals surface area contributed by atoms with Crippen molar-refractivity contribution in [1.82, 2.24) is 4.31 Å². The number of hydrogen-bond donors (Lipinski definition) is 2. The second kappa shape index (κ2) is 8.51. The first-order valence-corrected chi connectivity index (χ1v) is 11.8. The molecule has 1 amide bonds. The first kappa shape index (κ1) is 21.3. The van der Waals surface area contributed by atoms with E-state index in [2.05, 4.69) is 5.32 Å². The fourth-order valence-electron chi connectivity index (χ4n) is 4.67. The lowest BCUT2D eigenvalue weighted by atomic mass is 9.75. The summed E-state index contributed by atoms with van der Waals surface area (Å²) in [7, 11) is -0.514. The molecule has 4 atom stereocenters. The highest BCUT2D eigenvalue weighted by Gasteiger charge is 2.37. The molecular formula is C21H34N3O3S+. The van der Waals surface area contributed by atoms with Crippen molar-refractivity contribution in [3.8, 4) is 0 Å². The third-order valence-electron chi connectivity index (χ3n) is 6.68. The Morgan fingerprint density at radius 1 is 1.18 bits per heavy atom. The van der Waals surface area contributed by atoms with Gasteiger partial charge in [0.05, 0.1) is 18.0 Å². The van der Waals surface area contributed by atoms with Crippen molar-refractivity contribution in [2.24, 2.45) is 11.8 Å². The van der Waals surface area contributed by atoms with Crippen LogP contribution in [0.4, 0.5) is 5.69 Å². The van der Waals surface area contributed by atoms with E-state index in [4.69, 9.17) is 0 Å². The summed E-state index contributed by atoms with van der Waals surface area (Å²) in [5.41, 5.74) is 1.44. The molecule has 1 aliphatic carbocycles. The van der Waals surface area contributed by atoms with Gasteiger partial charge in [0, 0.05) is 25.7 Å². The Balaban J connectivity index is 1.70. The van der Waals surface area contributed by atoms with Crippen molar-refractivity contribution in [1.29, 1.82) is 0 Å². The van der Waals surface area contributed by atoms with E-state index in [1.54, 1.807) is 18.2 Å². The molecule has 1 unspecified atom stereocenters. The predicted molar refractivity (Wildman–Crippen MR) is 111 cm³/mol. The lowest BCUT2D eigenvalue weighted by Crippen LogP contribution is -3.18. The zero-order valence-electron chi connectivity index (χ0n) is 17.5. The molecule has 1 heterocycles. The highest BCUT2D eigenvalue weighted by atomic mass is 32.2. The van der Waals surface area contributed by atoms with Crippen molar-refractivity contribution in [3.63, 3.8) is 0 Å². The van der Waals surface area contributed by atoms with Gasteiger partial charge in [-0.15, -0.1) is 0 Å². The maximum Gasteiger partial charge on any atom is 0.282 e. The molecule has 3 rings (SSSR count). The molecular weight excluding hydrogens is 374 g/mol. The molecule has 2 fully saturated rings. The van der Waals surface area contributed by atoms with Gasteiger partial charge in [0.15, 0.2) is 6.04 Å². The van der Waals surface area contributed by atoms with Crippen molar-refractivity contribution < 1.29 is 18.1 Å². The van der Waals surface area contributed by atoms with Gasteiger partial charge in [-0.2, -0.15) is 0 Å². The quantitative estimate of drug-likeness (QED) is 0.779. The normalized spacial score (nSPS) is 26.5. The summed E-state index contributed by atoms with van der Waals surface area (Å²) in [5.74, 6) is 1.57. The lowest BCUT2D eigenvalue weighted by Gasteiger charge is -2.40. The molecule has 1 saturated heterocycles. The second-order valence-corrected chi connectivity index (χ2v) is 10.8. The zero-order chi connectivity index (χ0) is 20.5. The lowest BCUT2D eigenvalue weighted by molar-refractivity contribution is -0.924. The van der Waals surface area contributed by atoms with Crippen molar-refractivity contribution in [2.45, 2.75) is 56.9 Å². The van der Waals surface area contributed by atoms with Gasteiger partial charge in [-0.05, 0) is 56.7 Å². The number of anilines is 1. The molecule has 156 valence electrons. The number of likely N-dealkylation sites (tertiary alicyclic amines) is 1. The summed E-state index contributed by atoms with van der Waals surface area (Å²) in [4.78, 5) is 14.5. The maximum absolute atomic E-state index is 12.9. The average Bonchev–Trinajstić information content (AvgIpc) is 2.68. The Labute approximate surface area is 169 Å². The minimum absolute atomic E-state index is 0.0354. The van der Waals surface area contributed by atoms with Crippen molar-refractivity contribution in [2.75, 3.05) is 32.5 Å². The topological polar surface area (TPSA) is 70.9 Å². The van der Waals surface area contributed by atoms with Crippen LogP contribution in [0.5, 0.6) is 0 Å². The monoisotopic (exact) mass is 408 g/mol. The van der Waals surface area contributed by atoms with E-state index in [0.29, 0.717) is 5.69 Å². The predicted octanol–water partition coefficient (Wildman–Crippen LogP) is 1.67. The first-order chi connectivity index (χ1) is 13.2. The summed E-state index contributed by atoms with van der Waals surface area (Å²) >= 11 is 0. The van der Waals surface area contributed by atoms with E-state index in [1.165, 1.54) is 55.4 Å². The van der Waals surface area contributed by atoms with E-state index in [0.717, 1.165) is 30.5 Å². The minimum atomic E-state index is -3.53. The third-order valence-corrected chi connectivity index (χ3v) is 8.49. The van der Waals surface area contributed by atoms with E-state index < -0.39 is 10.0 Å². The second-order valence-electron chi connectivity index (χ2n) is 8.68. The van der Waals surface area contributed by atoms with Gasteiger partial charge in [-0.3, -0.25) is 4.79 Å². The number of sulfonamides is 1. The molecule has 0 radical (unpaired) electrons. The Morgan fingerprint density at radius 2 is 1.86 bits per heavy atom. The van der Waals surface area contributed by atoms with E-state index >= 15 is 0 Å². The summed E-state index contributed by atoms with van der Waals surface area (Å²) in [5, 5.41) is 2.99. The standard InChI is InChI=1S/C21H33N3O3S/c1-15-9-10-19(28(26,27)23(3)4)13-20(15)22-21(25)16(2)24-12-11-17-7-5-6-8-18(17)14-24/h9-10,13,16-18H,5-8,11-12,14H2,1-4H3,(H,22,25)/p+1/t16-,17-,18+/m0/s1. The van der Waals surface area contributed by atoms with Crippen LogP contribution < -0.4 is 10.2 Å². The van der Waals surface area contributed by atoms with E-state index in [1.807, 2.05) is 13.8 Å².